The van der Waals surface area contributed by atoms with Crippen molar-refractivity contribution in [3.05, 3.63) is 93.7 Å². The lowest BCUT2D eigenvalue weighted by Crippen LogP contribution is -2.24. The molecule has 3 aromatic rings. The van der Waals surface area contributed by atoms with E-state index in [0.717, 1.165) is 20.9 Å². The van der Waals surface area contributed by atoms with E-state index in [4.69, 9.17) is 0 Å². The van der Waals surface area contributed by atoms with Crippen molar-refractivity contribution in [1.82, 2.24) is 4.72 Å². The minimum atomic E-state index is -3.40. The monoisotopic (exact) mass is 373 g/mol. The van der Waals surface area contributed by atoms with E-state index in [1.54, 1.807) is 12.1 Å². The zero-order valence-electron chi connectivity index (χ0n) is 13.5. The highest BCUT2D eigenvalue weighted by Crippen LogP contribution is 2.28. The number of aliphatic hydroxyl groups excluding tert-OH is 1. The molecule has 2 N–H and O–H groups in total. The number of nitrogens with one attached hydrogen (secondary N) is 1. The van der Waals surface area contributed by atoms with Crippen molar-refractivity contribution < 1.29 is 13.5 Å². The van der Waals surface area contributed by atoms with Gasteiger partial charge in [-0.2, -0.15) is 0 Å². The third-order valence-electron chi connectivity index (χ3n) is 3.73. The minimum Gasteiger partial charge on any atom is -0.383 e. The van der Waals surface area contributed by atoms with Crippen LogP contribution in [0.5, 0.6) is 0 Å². The molecule has 1 aromatic heterocycles. The Morgan fingerprint density at radius 2 is 1.56 bits per heavy atom. The van der Waals surface area contributed by atoms with Crippen LogP contribution >= 0.6 is 11.3 Å². The van der Waals surface area contributed by atoms with Crippen LogP contribution in [0.15, 0.2) is 72.8 Å². The maximum absolute atomic E-state index is 12.2. The van der Waals surface area contributed by atoms with Gasteiger partial charge in [0.25, 0.3) is 0 Å². The SMILES string of the molecule is O=S(=O)(Cc1ccccc1)NCc1ccc(C(O)c2ccccc2)s1. The molecule has 130 valence electrons. The number of aliphatic hydroxyl groups is 1. The normalized spacial score (nSPS) is 12.8. The number of benzene rings is 2. The van der Waals surface area contributed by atoms with E-state index >= 15 is 0 Å². The molecule has 0 aliphatic heterocycles. The second kappa shape index (κ2) is 7.93. The molecule has 2 aromatic carbocycles. The molecule has 0 amide bonds. The third kappa shape index (κ3) is 4.99. The zero-order chi connectivity index (χ0) is 17.7. The fraction of sp³-hybridized carbons (Fsp3) is 0.158. The van der Waals surface area contributed by atoms with Gasteiger partial charge in [0.2, 0.25) is 10.0 Å². The fourth-order valence-corrected chi connectivity index (χ4v) is 4.63. The van der Waals surface area contributed by atoms with Gasteiger partial charge >= 0.3 is 0 Å². The molecule has 0 saturated heterocycles. The van der Waals surface area contributed by atoms with Crippen LogP contribution in [0, 0.1) is 0 Å². The summed E-state index contributed by atoms with van der Waals surface area (Å²) in [5.41, 5.74) is 1.57. The molecule has 6 heteroatoms. The summed E-state index contributed by atoms with van der Waals surface area (Å²) < 4.78 is 27.0. The number of hydrogen-bond donors (Lipinski definition) is 2. The fourth-order valence-electron chi connectivity index (χ4n) is 2.46. The standard InChI is InChI=1S/C19H19NO3S2/c21-19(16-9-5-2-6-10-16)18-12-11-17(24-18)13-20-25(22,23)14-15-7-3-1-4-8-15/h1-12,19-21H,13-14H2. The van der Waals surface area contributed by atoms with E-state index < -0.39 is 16.1 Å². The van der Waals surface area contributed by atoms with Crippen LogP contribution in [0.25, 0.3) is 0 Å². The molecular weight excluding hydrogens is 354 g/mol. The van der Waals surface area contributed by atoms with Gasteiger partial charge in [-0.25, -0.2) is 13.1 Å². The molecule has 1 atom stereocenters. The number of rotatable bonds is 7. The van der Waals surface area contributed by atoms with Crippen LogP contribution in [-0.4, -0.2) is 13.5 Å². The molecule has 1 unspecified atom stereocenters. The van der Waals surface area contributed by atoms with E-state index in [0.29, 0.717) is 0 Å². The van der Waals surface area contributed by atoms with Crippen molar-refractivity contribution >= 4 is 21.4 Å². The molecule has 25 heavy (non-hydrogen) atoms. The quantitative estimate of drug-likeness (QED) is 0.667. The molecule has 0 bridgehead atoms. The Morgan fingerprint density at radius 3 is 2.24 bits per heavy atom. The number of hydrogen-bond acceptors (Lipinski definition) is 4. The summed E-state index contributed by atoms with van der Waals surface area (Å²) in [7, 11) is -3.40. The topological polar surface area (TPSA) is 66.4 Å². The van der Waals surface area contributed by atoms with E-state index in [9.17, 15) is 13.5 Å². The highest BCUT2D eigenvalue weighted by molar-refractivity contribution is 7.88. The van der Waals surface area contributed by atoms with Gasteiger partial charge in [-0.05, 0) is 23.3 Å². The molecule has 4 nitrogen and oxygen atoms in total. The largest absolute Gasteiger partial charge is 0.383 e. The first kappa shape index (κ1) is 17.8. The summed E-state index contributed by atoms with van der Waals surface area (Å²) in [6, 6.07) is 22.2. The summed E-state index contributed by atoms with van der Waals surface area (Å²) in [5.74, 6) is -0.0429. The van der Waals surface area contributed by atoms with Crippen molar-refractivity contribution in [3.8, 4) is 0 Å². The van der Waals surface area contributed by atoms with E-state index in [1.165, 1.54) is 11.3 Å². The molecule has 1 heterocycles. The lowest BCUT2D eigenvalue weighted by molar-refractivity contribution is 0.224. The van der Waals surface area contributed by atoms with Gasteiger partial charge in [-0.15, -0.1) is 11.3 Å². The molecule has 0 saturated carbocycles. The van der Waals surface area contributed by atoms with Crippen molar-refractivity contribution in [1.29, 1.82) is 0 Å². The minimum absolute atomic E-state index is 0.0429. The van der Waals surface area contributed by atoms with E-state index in [2.05, 4.69) is 4.72 Å². The lowest BCUT2D eigenvalue weighted by atomic mass is 10.1. The predicted octanol–water partition coefficient (Wildman–Crippen LogP) is 3.45. The van der Waals surface area contributed by atoms with Crippen molar-refractivity contribution in [2.24, 2.45) is 0 Å². The van der Waals surface area contributed by atoms with Gasteiger partial charge < -0.3 is 5.11 Å². The Labute approximate surface area is 151 Å². The first-order valence-electron chi connectivity index (χ1n) is 7.86. The summed E-state index contributed by atoms with van der Waals surface area (Å²) in [6.07, 6.45) is -0.694. The van der Waals surface area contributed by atoms with Crippen LogP contribution < -0.4 is 4.72 Å². The average molecular weight is 373 g/mol. The Balaban J connectivity index is 1.62. The zero-order valence-corrected chi connectivity index (χ0v) is 15.1. The summed E-state index contributed by atoms with van der Waals surface area (Å²) in [5, 5.41) is 10.4. The predicted molar refractivity (Wildman–Crippen MR) is 101 cm³/mol. The Hall–Kier alpha value is -1.99. The molecule has 0 aliphatic rings. The van der Waals surface area contributed by atoms with Gasteiger partial charge in [-0.1, -0.05) is 60.7 Å². The number of sulfonamides is 1. The molecular formula is C19H19NO3S2. The maximum atomic E-state index is 12.2. The van der Waals surface area contributed by atoms with E-state index in [-0.39, 0.29) is 12.3 Å². The highest BCUT2D eigenvalue weighted by Gasteiger charge is 2.15. The second-order valence-corrected chi connectivity index (χ2v) is 8.69. The third-order valence-corrected chi connectivity index (χ3v) is 6.17. The Bertz CT molecular complexity index is 906. The van der Waals surface area contributed by atoms with E-state index in [1.807, 2.05) is 60.7 Å². The van der Waals surface area contributed by atoms with Crippen LogP contribution in [0.4, 0.5) is 0 Å². The van der Waals surface area contributed by atoms with Crippen LogP contribution in [0.3, 0.4) is 0 Å². The van der Waals surface area contributed by atoms with Crippen molar-refractivity contribution in [2.75, 3.05) is 0 Å². The van der Waals surface area contributed by atoms with Gasteiger partial charge in [0.1, 0.15) is 6.10 Å². The molecule has 0 fully saturated rings. The van der Waals surface area contributed by atoms with Crippen LogP contribution in [-0.2, 0) is 22.3 Å². The van der Waals surface area contributed by atoms with Crippen LogP contribution in [0.1, 0.15) is 27.0 Å². The second-order valence-electron chi connectivity index (χ2n) is 5.68. The molecule has 0 radical (unpaired) electrons. The summed E-state index contributed by atoms with van der Waals surface area (Å²) >= 11 is 1.41. The van der Waals surface area contributed by atoms with Crippen LogP contribution in [0.2, 0.25) is 0 Å². The highest BCUT2D eigenvalue weighted by atomic mass is 32.2. The van der Waals surface area contributed by atoms with Gasteiger partial charge in [0.05, 0.1) is 5.75 Å². The number of thiophene rings is 1. The Morgan fingerprint density at radius 1 is 0.920 bits per heavy atom. The van der Waals surface area contributed by atoms with Gasteiger partial charge in [0, 0.05) is 16.3 Å². The average Bonchev–Trinajstić information content (AvgIpc) is 3.10. The lowest BCUT2D eigenvalue weighted by Gasteiger charge is -2.08. The summed E-state index contributed by atoms with van der Waals surface area (Å²) in [6.45, 7) is 0.224. The first-order chi connectivity index (χ1) is 12.0. The van der Waals surface area contributed by atoms with Gasteiger partial charge in [0.15, 0.2) is 0 Å². The molecule has 0 aliphatic carbocycles. The maximum Gasteiger partial charge on any atom is 0.216 e. The first-order valence-corrected chi connectivity index (χ1v) is 10.3. The van der Waals surface area contributed by atoms with Crippen molar-refractivity contribution in [3.63, 3.8) is 0 Å². The van der Waals surface area contributed by atoms with Crippen molar-refractivity contribution in [2.45, 2.75) is 18.4 Å². The molecule has 0 spiro atoms. The Kier molecular flexibility index (Phi) is 5.65. The van der Waals surface area contributed by atoms with Gasteiger partial charge in [-0.3, -0.25) is 0 Å². The molecule has 3 rings (SSSR count). The summed E-state index contributed by atoms with van der Waals surface area (Å²) in [4.78, 5) is 1.66. The smallest absolute Gasteiger partial charge is 0.216 e.